The molecule has 1 saturated heterocycles. The summed E-state index contributed by atoms with van der Waals surface area (Å²) in [4.78, 5) is 0. The Balaban J connectivity index is 1.95. The van der Waals surface area contributed by atoms with E-state index in [9.17, 15) is 0 Å². The van der Waals surface area contributed by atoms with E-state index >= 15 is 0 Å². The highest BCUT2D eigenvalue weighted by molar-refractivity contribution is 5.79. The van der Waals surface area contributed by atoms with Gasteiger partial charge in [0.05, 0.1) is 32.5 Å². The molecule has 0 radical (unpaired) electrons. The molecule has 0 atom stereocenters. The Bertz CT molecular complexity index is 326. The van der Waals surface area contributed by atoms with Crippen molar-refractivity contribution in [1.82, 2.24) is 5.01 Å². The number of hydrogen-bond donors (Lipinski definition) is 0. The molecule has 0 spiro atoms. The van der Waals surface area contributed by atoms with Gasteiger partial charge in [0.15, 0.2) is 0 Å². The number of hydrazone groups is 1. The molecule has 0 saturated carbocycles. The second-order valence-corrected chi connectivity index (χ2v) is 3.72. The number of hydrogen-bond acceptors (Lipinski definition) is 3. The molecule has 0 aliphatic carbocycles. The molecule has 80 valence electrons. The average molecular weight is 204 g/mol. The topological polar surface area (TPSA) is 24.8 Å². The fourth-order valence-corrected chi connectivity index (χ4v) is 1.47. The van der Waals surface area contributed by atoms with Crippen molar-refractivity contribution in [3.8, 4) is 0 Å². The molecule has 0 amide bonds. The predicted molar refractivity (Wildman–Crippen MR) is 61.2 cm³/mol. The van der Waals surface area contributed by atoms with Crippen LogP contribution < -0.4 is 0 Å². The zero-order chi connectivity index (χ0) is 10.5. The Hall–Kier alpha value is -1.35. The summed E-state index contributed by atoms with van der Waals surface area (Å²) < 4.78 is 5.25. The normalized spacial score (nSPS) is 17.3. The van der Waals surface area contributed by atoms with Crippen molar-refractivity contribution in [2.75, 3.05) is 26.3 Å². The Kier molecular flexibility index (Phi) is 3.35. The lowest BCUT2D eigenvalue weighted by atomic mass is 10.2. The van der Waals surface area contributed by atoms with Crippen LogP contribution in [0.25, 0.3) is 0 Å². The summed E-state index contributed by atoms with van der Waals surface area (Å²) in [5.41, 5.74) is 2.42. The van der Waals surface area contributed by atoms with Gasteiger partial charge in [0.25, 0.3) is 0 Å². The molecule has 3 heteroatoms. The molecule has 1 aliphatic rings. The highest BCUT2D eigenvalue weighted by atomic mass is 16.5. The summed E-state index contributed by atoms with van der Waals surface area (Å²) in [7, 11) is 0. The standard InChI is InChI=1S/C12H16N2O/c1-11-2-4-12(5-3-11)10-13-14-6-8-15-9-7-14/h2-5,10H,6-9H2,1H3/b13-10-. The Morgan fingerprint density at radius 1 is 1.20 bits per heavy atom. The number of nitrogens with zero attached hydrogens (tertiary/aromatic N) is 2. The lowest BCUT2D eigenvalue weighted by molar-refractivity contribution is 0.0397. The molecule has 0 N–H and O–H groups in total. The molecule has 0 bridgehead atoms. The van der Waals surface area contributed by atoms with Gasteiger partial charge in [-0.15, -0.1) is 0 Å². The van der Waals surface area contributed by atoms with Gasteiger partial charge in [0, 0.05) is 0 Å². The lowest BCUT2D eigenvalue weighted by Gasteiger charge is -2.23. The van der Waals surface area contributed by atoms with Crippen molar-refractivity contribution in [3.63, 3.8) is 0 Å². The molecule has 0 aromatic heterocycles. The molecule has 1 heterocycles. The number of ether oxygens (including phenoxy) is 1. The van der Waals surface area contributed by atoms with Crippen molar-refractivity contribution in [2.45, 2.75) is 6.92 Å². The first kappa shape index (κ1) is 10.2. The lowest BCUT2D eigenvalue weighted by Crippen LogP contribution is -2.32. The van der Waals surface area contributed by atoms with Gasteiger partial charge in [0.2, 0.25) is 0 Å². The quantitative estimate of drug-likeness (QED) is 0.684. The van der Waals surface area contributed by atoms with Crippen LogP contribution in [0.4, 0.5) is 0 Å². The zero-order valence-electron chi connectivity index (χ0n) is 9.02. The van der Waals surface area contributed by atoms with Crippen molar-refractivity contribution < 1.29 is 4.74 Å². The van der Waals surface area contributed by atoms with Crippen LogP contribution in [-0.2, 0) is 4.74 Å². The number of morpholine rings is 1. The number of rotatable bonds is 2. The smallest absolute Gasteiger partial charge is 0.0659 e. The molecule has 1 aromatic rings. The minimum atomic E-state index is 0.783. The SMILES string of the molecule is Cc1ccc(/C=N\N2CCOCC2)cc1. The second kappa shape index (κ2) is 4.94. The summed E-state index contributed by atoms with van der Waals surface area (Å²) in [6, 6.07) is 8.36. The van der Waals surface area contributed by atoms with Gasteiger partial charge in [-0.2, -0.15) is 5.10 Å². The maximum Gasteiger partial charge on any atom is 0.0659 e. The van der Waals surface area contributed by atoms with E-state index in [2.05, 4.69) is 36.3 Å². The first-order valence-corrected chi connectivity index (χ1v) is 5.28. The number of benzene rings is 1. The van der Waals surface area contributed by atoms with E-state index in [1.807, 2.05) is 11.2 Å². The van der Waals surface area contributed by atoms with E-state index < -0.39 is 0 Å². The minimum Gasteiger partial charge on any atom is -0.378 e. The molecule has 1 aromatic carbocycles. The molecular weight excluding hydrogens is 188 g/mol. The summed E-state index contributed by atoms with van der Waals surface area (Å²) in [6.45, 7) is 5.43. The second-order valence-electron chi connectivity index (χ2n) is 3.72. The van der Waals surface area contributed by atoms with Crippen LogP contribution in [0.3, 0.4) is 0 Å². The third-order valence-corrected chi connectivity index (χ3v) is 2.43. The van der Waals surface area contributed by atoms with Crippen LogP contribution in [0.15, 0.2) is 29.4 Å². The van der Waals surface area contributed by atoms with E-state index in [-0.39, 0.29) is 0 Å². The summed E-state index contributed by atoms with van der Waals surface area (Å²) in [5.74, 6) is 0. The molecule has 15 heavy (non-hydrogen) atoms. The summed E-state index contributed by atoms with van der Waals surface area (Å²) >= 11 is 0. The molecule has 1 aliphatic heterocycles. The Morgan fingerprint density at radius 3 is 2.53 bits per heavy atom. The van der Waals surface area contributed by atoms with Crippen molar-refractivity contribution in [3.05, 3.63) is 35.4 Å². The van der Waals surface area contributed by atoms with Crippen LogP contribution >= 0.6 is 0 Å². The fourth-order valence-electron chi connectivity index (χ4n) is 1.47. The van der Waals surface area contributed by atoms with Crippen LogP contribution in [0.2, 0.25) is 0 Å². The largest absolute Gasteiger partial charge is 0.378 e. The predicted octanol–water partition coefficient (Wildman–Crippen LogP) is 1.66. The first-order chi connectivity index (χ1) is 7.34. The average Bonchev–Trinajstić information content (AvgIpc) is 2.30. The Labute approximate surface area is 90.4 Å². The molecule has 1 fully saturated rings. The van der Waals surface area contributed by atoms with Crippen LogP contribution in [0, 0.1) is 6.92 Å². The van der Waals surface area contributed by atoms with Crippen LogP contribution in [0.1, 0.15) is 11.1 Å². The van der Waals surface area contributed by atoms with Crippen LogP contribution in [-0.4, -0.2) is 37.5 Å². The summed E-state index contributed by atoms with van der Waals surface area (Å²) in [6.07, 6.45) is 1.91. The monoisotopic (exact) mass is 204 g/mol. The fraction of sp³-hybridized carbons (Fsp3) is 0.417. The minimum absolute atomic E-state index is 0.783. The van der Waals surface area contributed by atoms with Gasteiger partial charge in [-0.1, -0.05) is 29.8 Å². The number of aryl methyl sites for hydroxylation is 1. The maximum absolute atomic E-state index is 5.25. The van der Waals surface area contributed by atoms with Crippen molar-refractivity contribution in [2.24, 2.45) is 5.10 Å². The van der Waals surface area contributed by atoms with Gasteiger partial charge < -0.3 is 4.74 Å². The van der Waals surface area contributed by atoms with Gasteiger partial charge >= 0.3 is 0 Å². The van der Waals surface area contributed by atoms with Gasteiger partial charge in [0.1, 0.15) is 0 Å². The Morgan fingerprint density at radius 2 is 1.87 bits per heavy atom. The zero-order valence-corrected chi connectivity index (χ0v) is 9.02. The third kappa shape index (κ3) is 3.06. The molecular formula is C12H16N2O. The van der Waals surface area contributed by atoms with Gasteiger partial charge in [-0.05, 0) is 12.5 Å². The molecule has 3 nitrogen and oxygen atoms in total. The first-order valence-electron chi connectivity index (χ1n) is 5.28. The summed E-state index contributed by atoms with van der Waals surface area (Å²) in [5, 5.41) is 6.46. The van der Waals surface area contributed by atoms with E-state index in [0.717, 1.165) is 31.9 Å². The van der Waals surface area contributed by atoms with E-state index in [1.165, 1.54) is 5.56 Å². The molecule has 0 unspecified atom stereocenters. The van der Waals surface area contributed by atoms with Gasteiger partial charge in [-0.25, -0.2) is 0 Å². The molecule has 2 rings (SSSR count). The van der Waals surface area contributed by atoms with Crippen molar-refractivity contribution >= 4 is 6.21 Å². The van der Waals surface area contributed by atoms with Crippen molar-refractivity contribution in [1.29, 1.82) is 0 Å². The van der Waals surface area contributed by atoms with Gasteiger partial charge in [-0.3, -0.25) is 5.01 Å². The van der Waals surface area contributed by atoms with Crippen LogP contribution in [0.5, 0.6) is 0 Å². The highest BCUT2D eigenvalue weighted by Crippen LogP contribution is 2.02. The third-order valence-electron chi connectivity index (χ3n) is 2.43. The van der Waals surface area contributed by atoms with E-state index in [0.29, 0.717) is 0 Å². The maximum atomic E-state index is 5.25. The van der Waals surface area contributed by atoms with E-state index in [4.69, 9.17) is 4.74 Å². The highest BCUT2D eigenvalue weighted by Gasteiger charge is 2.05. The van der Waals surface area contributed by atoms with E-state index in [1.54, 1.807) is 0 Å².